The van der Waals surface area contributed by atoms with Gasteiger partial charge in [-0.05, 0) is 89.7 Å². The number of rotatable bonds is 2. The van der Waals surface area contributed by atoms with Gasteiger partial charge in [0, 0.05) is 15.5 Å². The largest absolute Gasteiger partial charge is 0.136 e. The third-order valence-electron chi connectivity index (χ3n) is 9.00. The number of hydrogen-bond acceptors (Lipinski definition) is 1. The normalized spacial score (nSPS) is 15.9. The van der Waals surface area contributed by atoms with Crippen LogP contribution in [-0.4, -0.2) is 0 Å². The summed E-state index contributed by atoms with van der Waals surface area (Å²) in [6.07, 6.45) is 12.5. The van der Waals surface area contributed by atoms with E-state index in [1.165, 1.54) is 80.7 Å². The van der Waals surface area contributed by atoms with Gasteiger partial charge in [-0.2, -0.15) is 0 Å². The van der Waals surface area contributed by atoms with Crippen LogP contribution in [0.5, 0.6) is 0 Å². The Hall–Kier alpha value is -4.72. The lowest BCUT2D eigenvalue weighted by atomic mass is 9.83. The smallest absolute Gasteiger partial charge is 0.0358 e. The lowest BCUT2D eigenvalue weighted by molar-refractivity contribution is 0.767. The second-order valence-corrected chi connectivity index (χ2v) is 12.3. The Labute approximate surface area is 243 Å². The van der Waals surface area contributed by atoms with Crippen LogP contribution in [0.15, 0.2) is 139 Å². The Kier molecular flexibility index (Phi) is 5.00. The number of benzene rings is 6. The van der Waals surface area contributed by atoms with E-state index in [0.29, 0.717) is 5.92 Å². The Bertz CT molecular complexity index is 2230. The van der Waals surface area contributed by atoms with Crippen LogP contribution in [0.2, 0.25) is 0 Å². The van der Waals surface area contributed by atoms with Crippen molar-refractivity contribution in [3.8, 4) is 22.3 Å². The maximum absolute atomic E-state index is 2.44. The van der Waals surface area contributed by atoms with E-state index in [1.807, 2.05) is 11.3 Å². The third kappa shape index (κ3) is 3.46. The van der Waals surface area contributed by atoms with E-state index in [0.717, 1.165) is 6.42 Å². The highest BCUT2D eigenvalue weighted by Gasteiger charge is 2.24. The average Bonchev–Trinajstić information content (AvgIpc) is 3.38. The van der Waals surface area contributed by atoms with Crippen LogP contribution in [0.3, 0.4) is 0 Å². The molecule has 0 saturated heterocycles. The molecule has 41 heavy (non-hydrogen) atoms. The molecule has 1 unspecified atom stereocenters. The van der Waals surface area contributed by atoms with E-state index in [9.17, 15) is 0 Å². The van der Waals surface area contributed by atoms with Crippen molar-refractivity contribution in [3.63, 3.8) is 0 Å². The van der Waals surface area contributed by atoms with Crippen molar-refractivity contribution in [2.75, 3.05) is 0 Å². The molecule has 0 aliphatic heterocycles. The molecule has 1 heterocycles. The zero-order valence-electron chi connectivity index (χ0n) is 22.5. The first-order valence-corrected chi connectivity index (χ1v) is 15.2. The van der Waals surface area contributed by atoms with E-state index in [-0.39, 0.29) is 0 Å². The van der Waals surface area contributed by atoms with Crippen LogP contribution in [-0.2, 0) is 6.42 Å². The lowest BCUT2D eigenvalue weighted by Crippen LogP contribution is -2.09. The monoisotopic (exact) mass is 538 g/mol. The molecule has 0 spiro atoms. The van der Waals surface area contributed by atoms with Gasteiger partial charge in [0.1, 0.15) is 0 Å². The topological polar surface area (TPSA) is 0 Å². The molecule has 1 heteroatoms. The fourth-order valence-electron chi connectivity index (χ4n) is 7.14. The minimum Gasteiger partial charge on any atom is -0.136 e. The van der Waals surface area contributed by atoms with Gasteiger partial charge in [0.25, 0.3) is 0 Å². The van der Waals surface area contributed by atoms with Crippen LogP contribution in [0, 0.1) is 5.92 Å². The molecule has 7 aromatic rings. The molecule has 0 N–H and O–H groups in total. The molecule has 1 atom stereocenters. The molecule has 9 rings (SSSR count). The standard InChI is InChI=1S/C40H26S/c1-2-12-27-23-38-36(22-26(27)11-1)30-21-20-28(24-37(30)41-38)39-32-15-5-7-17-34(32)40(35-18-8-6-16-33(35)39)31-19-9-13-25-10-3-4-14-29(25)31/h1-21,23-24,26H,22H2. The van der Waals surface area contributed by atoms with Gasteiger partial charge >= 0.3 is 0 Å². The van der Waals surface area contributed by atoms with Crippen LogP contribution < -0.4 is 0 Å². The second kappa shape index (κ2) is 8.89. The molecule has 0 nitrogen and oxygen atoms in total. The molecule has 0 saturated carbocycles. The van der Waals surface area contributed by atoms with Crippen LogP contribution >= 0.6 is 11.3 Å². The number of hydrogen-bond donors (Lipinski definition) is 0. The number of thiophene rings is 1. The first-order valence-electron chi connectivity index (χ1n) is 14.4. The SMILES string of the molecule is C1=CC2=Cc3sc4cc(-c5c6ccccc6c(-c6cccc7ccccc67)c6ccccc56)ccc4c3CC2C=C1. The highest BCUT2D eigenvalue weighted by molar-refractivity contribution is 7.20. The van der Waals surface area contributed by atoms with Crippen molar-refractivity contribution >= 4 is 59.8 Å². The minimum atomic E-state index is 0.500. The molecule has 192 valence electrons. The highest BCUT2D eigenvalue weighted by Crippen LogP contribution is 2.47. The number of allylic oxidation sites excluding steroid dienone is 5. The van der Waals surface area contributed by atoms with Crippen molar-refractivity contribution in [2.45, 2.75) is 6.42 Å². The maximum Gasteiger partial charge on any atom is 0.0358 e. The van der Waals surface area contributed by atoms with Gasteiger partial charge < -0.3 is 0 Å². The summed E-state index contributed by atoms with van der Waals surface area (Å²) in [6.45, 7) is 0. The lowest BCUT2D eigenvalue weighted by Gasteiger charge is -2.21. The molecule has 0 bridgehead atoms. The predicted molar refractivity (Wildman–Crippen MR) is 179 cm³/mol. The van der Waals surface area contributed by atoms with Gasteiger partial charge in [-0.3, -0.25) is 0 Å². The molecule has 2 aliphatic carbocycles. The van der Waals surface area contributed by atoms with Gasteiger partial charge in [-0.25, -0.2) is 0 Å². The summed E-state index contributed by atoms with van der Waals surface area (Å²) in [5.74, 6) is 0.500. The predicted octanol–water partition coefficient (Wildman–Crippen LogP) is 11.4. The van der Waals surface area contributed by atoms with Crippen molar-refractivity contribution in [3.05, 3.63) is 150 Å². The Morgan fingerprint density at radius 3 is 2.05 bits per heavy atom. The first kappa shape index (κ1) is 23.0. The fourth-order valence-corrected chi connectivity index (χ4v) is 8.37. The molecule has 0 amide bonds. The van der Waals surface area contributed by atoms with Crippen molar-refractivity contribution in [1.82, 2.24) is 0 Å². The molecular weight excluding hydrogens is 513 g/mol. The Morgan fingerprint density at radius 1 is 0.585 bits per heavy atom. The van der Waals surface area contributed by atoms with E-state index < -0.39 is 0 Å². The van der Waals surface area contributed by atoms with Gasteiger partial charge in [-0.15, -0.1) is 11.3 Å². The van der Waals surface area contributed by atoms with E-state index in [4.69, 9.17) is 0 Å². The molecule has 2 aliphatic rings. The Balaban J connectivity index is 1.32. The summed E-state index contributed by atoms with van der Waals surface area (Å²) in [4.78, 5) is 1.42. The minimum absolute atomic E-state index is 0.500. The van der Waals surface area contributed by atoms with Crippen molar-refractivity contribution in [2.24, 2.45) is 5.92 Å². The summed E-state index contributed by atoms with van der Waals surface area (Å²) in [7, 11) is 0. The quantitative estimate of drug-likeness (QED) is 0.192. The third-order valence-corrected chi connectivity index (χ3v) is 10.1. The van der Waals surface area contributed by atoms with Gasteiger partial charge in [-0.1, -0.05) is 127 Å². The summed E-state index contributed by atoms with van der Waals surface area (Å²) in [5, 5.41) is 9.19. The Morgan fingerprint density at radius 2 is 1.27 bits per heavy atom. The summed E-state index contributed by atoms with van der Waals surface area (Å²) >= 11 is 1.94. The maximum atomic E-state index is 2.44. The molecule has 6 aromatic carbocycles. The summed E-state index contributed by atoms with van der Waals surface area (Å²) < 4.78 is 1.38. The van der Waals surface area contributed by atoms with Crippen LogP contribution in [0.25, 0.3) is 70.7 Å². The average molecular weight is 539 g/mol. The fraction of sp³-hybridized carbons (Fsp3) is 0.0500. The van der Waals surface area contributed by atoms with Gasteiger partial charge in [0.05, 0.1) is 0 Å². The van der Waals surface area contributed by atoms with E-state index >= 15 is 0 Å². The van der Waals surface area contributed by atoms with Gasteiger partial charge in [0.2, 0.25) is 0 Å². The molecule has 0 radical (unpaired) electrons. The van der Waals surface area contributed by atoms with Crippen LogP contribution in [0.4, 0.5) is 0 Å². The van der Waals surface area contributed by atoms with Crippen molar-refractivity contribution < 1.29 is 0 Å². The van der Waals surface area contributed by atoms with Crippen molar-refractivity contribution in [1.29, 1.82) is 0 Å². The molecule has 1 aromatic heterocycles. The van der Waals surface area contributed by atoms with E-state index in [2.05, 4.69) is 140 Å². The second-order valence-electron chi connectivity index (χ2n) is 11.2. The van der Waals surface area contributed by atoms with Crippen LogP contribution in [0.1, 0.15) is 10.4 Å². The summed E-state index contributed by atoms with van der Waals surface area (Å²) in [5.41, 5.74) is 8.17. The highest BCUT2D eigenvalue weighted by atomic mass is 32.1. The summed E-state index contributed by atoms with van der Waals surface area (Å²) in [6, 6.07) is 40.6. The first-order chi connectivity index (χ1) is 20.3. The molecular formula is C40H26S. The molecule has 0 fully saturated rings. The zero-order chi connectivity index (χ0) is 26.9. The van der Waals surface area contributed by atoms with Gasteiger partial charge in [0.15, 0.2) is 0 Å². The zero-order valence-corrected chi connectivity index (χ0v) is 23.3. The van der Waals surface area contributed by atoms with E-state index in [1.54, 1.807) is 0 Å². The number of fused-ring (bicyclic) bond motifs is 7.